The molecule has 2 aliphatic heterocycles. The molecule has 2 aliphatic rings. The number of nitrogens with zero attached hydrogens (tertiary/aromatic N) is 5. The van der Waals surface area contributed by atoms with Crippen LogP contribution in [-0.4, -0.2) is 52.2 Å². The van der Waals surface area contributed by atoms with E-state index in [1.807, 2.05) is 19.1 Å². The number of imidazole rings is 1. The number of halogens is 5. The summed E-state index contributed by atoms with van der Waals surface area (Å²) in [5, 5.41) is 1.18. The number of anilines is 1. The third-order valence-corrected chi connectivity index (χ3v) is 7.01. The molecule has 0 N–H and O–H groups in total. The van der Waals surface area contributed by atoms with Crippen LogP contribution in [0.1, 0.15) is 22.8 Å². The van der Waals surface area contributed by atoms with Crippen molar-refractivity contribution in [3.63, 3.8) is 0 Å². The summed E-state index contributed by atoms with van der Waals surface area (Å²) >= 11 is 0. The molecule has 38 heavy (non-hydrogen) atoms. The van der Waals surface area contributed by atoms with Crippen LogP contribution >= 0.6 is 24.8 Å². The Morgan fingerprint density at radius 1 is 0.895 bits per heavy atom. The Hall–Kier alpha value is -3.01. The Balaban J connectivity index is 0.00000168. The fourth-order valence-electron chi connectivity index (χ4n) is 5.13. The lowest BCUT2D eigenvalue weighted by atomic mass is 10.1. The highest BCUT2D eigenvalue weighted by atomic mass is 35.5. The Morgan fingerprint density at radius 2 is 1.63 bits per heavy atom. The van der Waals surface area contributed by atoms with Gasteiger partial charge in [0.05, 0.1) is 11.2 Å². The lowest BCUT2D eigenvalue weighted by Gasteiger charge is -2.36. The Kier molecular flexibility index (Phi) is 8.11. The summed E-state index contributed by atoms with van der Waals surface area (Å²) in [6.07, 6.45) is -2.66. The second-order valence-corrected chi connectivity index (χ2v) is 9.34. The number of hydrogen-bond acceptors (Lipinski definition) is 5. The minimum atomic E-state index is -4.48. The molecule has 4 heterocycles. The fraction of sp³-hybridized carbons (Fsp3) is 0.333. The largest absolute Gasteiger partial charge is 0.483 e. The van der Waals surface area contributed by atoms with Gasteiger partial charge in [0, 0.05) is 55.7 Å². The zero-order valence-corrected chi connectivity index (χ0v) is 22.4. The number of ether oxygens (including phenoxy) is 1. The van der Waals surface area contributed by atoms with Crippen molar-refractivity contribution in [1.82, 2.24) is 19.4 Å². The van der Waals surface area contributed by atoms with Gasteiger partial charge < -0.3 is 9.64 Å². The summed E-state index contributed by atoms with van der Waals surface area (Å²) in [5.41, 5.74) is 3.97. The number of aryl methyl sites for hydroxylation is 1. The molecule has 0 amide bonds. The van der Waals surface area contributed by atoms with E-state index in [0.29, 0.717) is 11.4 Å². The molecule has 0 saturated carbocycles. The van der Waals surface area contributed by atoms with Crippen LogP contribution in [0.2, 0.25) is 0 Å². The Bertz CT molecular complexity index is 1430. The number of hydrogen-bond donors (Lipinski definition) is 0. The van der Waals surface area contributed by atoms with Crippen LogP contribution in [0.4, 0.5) is 18.9 Å². The van der Waals surface area contributed by atoms with Gasteiger partial charge in [0.1, 0.15) is 12.4 Å². The summed E-state index contributed by atoms with van der Waals surface area (Å²) in [6.45, 7) is 6.61. The van der Waals surface area contributed by atoms with E-state index < -0.39 is 11.9 Å². The number of benzene rings is 2. The number of para-hydroxylation sites is 1. The molecule has 2 aromatic heterocycles. The lowest BCUT2D eigenvalue weighted by molar-refractivity contribution is -0.141. The van der Waals surface area contributed by atoms with Gasteiger partial charge in [-0.15, -0.1) is 24.8 Å². The molecule has 4 aromatic rings. The van der Waals surface area contributed by atoms with E-state index in [1.54, 1.807) is 6.07 Å². The van der Waals surface area contributed by atoms with Crippen molar-refractivity contribution in [2.24, 2.45) is 0 Å². The SMILES string of the molecule is Cc1ccc2c(N3CCN(CCc4cccc5c4OCc4nc(C(F)(F)F)cn4-5)CC3)cccc2n1.Cl.Cl. The van der Waals surface area contributed by atoms with Crippen molar-refractivity contribution in [3.05, 3.63) is 77.5 Å². The number of fused-ring (bicyclic) bond motifs is 4. The van der Waals surface area contributed by atoms with Crippen LogP contribution in [0.5, 0.6) is 5.75 Å². The highest BCUT2D eigenvalue weighted by Gasteiger charge is 2.36. The van der Waals surface area contributed by atoms with Gasteiger partial charge in [-0.2, -0.15) is 13.2 Å². The molecule has 6 rings (SSSR count). The zero-order valence-electron chi connectivity index (χ0n) is 20.7. The summed E-state index contributed by atoms with van der Waals surface area (Å²) in [7, 11) is 0. The van der Waals surface area contributed by atoms with Crippen molar-refractivity contribution < 1.29 is 17.9 Å². The van der Waals surface area contributed by atoms with Crippen LogP contribution in [0.3, 0.4) is 0 Å². The number of aromatic nitrogens is 3. The molecule has 202 valence electrons. The molecular weight excluding hydrogens is 538 g/mol. The first-order valence-electron chi connectivity index (χ1n) is 12.1. The normalized spacial score (nSPS) is 15.2. The topological polar surface area (TPSA) is 46.4 Å². The second kappa shape index (κ2) is 11.0. The van der Waals surface area contributed by atoms with E-state index in [2.05, 4.69) is 50.1 Å². The van der Waals surface area contributed by atoms with Gasteiger partial charge in [0.25, 0.3) is 0 Å². The van der Waals surface area contributed by atoms with Crippen LogP contribution in [0, 0.1) is 6.92 Å². The van der Waals surface area contributed by atoms with E-state index in [1.165, 1.54) is 15.6 Å². The average Bonchev–Trinajstić information content (AvgIpc) is 3.33. The summed E-state index contributed by atoms with van der Waals surface area (Å²) in [4.78, 5) is 13.2. The van der Waals surface area contributed by atoms with E-state index in [-0.39, 0.29) is 37.2 Å². The number of piperazine rings is 1. The van der Waals surface area contributed by atoms with Gasteiger partial charge in [0.15, 0.2) is 11.5 Å². The van der Waals surface area contributed by atoms with Crippen LogP contribution in [-0.2, 0) is 19.2 Å². The van der Waals surface area contributed by atoms with Crippen molar-refractivity contribution in [1.29, 1.82) is 0 Å². The minimum absolute atomic E-state index is 0. The van der Waals surface area contributed by atoms with E-state index in [4.69, 9.17) is 4.74 Å². The molecule has 0 bridgehead atoms. The Morgan fingerprint density at radius 3 is 2.39 bits per heavy atom. The molecule has 0 aliphatic carbocycles. The van der Waals surface area contributed by atoms with Crippen molar-refractivity contribution >= 4 is 41.4 Å². The van der Waals surface area contributed by atoms with Crippen LogP contribution in [0.25, 0.3) is 16.6 Å². The van der Waals surface area contributed by atoms with Crippen LogP contribution in [0.15, 0.2) is 54.7 Å². The van der Waals surface area contributed by atoms with Gasteiger partial charge >= 0.3 is 6.18 Å². The zero-order chi connectivity index (χ0) is 24.9. The summed E-state index contributed by atoms with van der Waals surface area (Å²) < 4.78 is 46.9. The van der Waals surface area contributed by atoms with E-state index >= 15 is 0 Å². The maximum absolute atomic E-state index is 13.2. The van der Waals surface area contributed by atoms with Gasteiger partial charge in [0.2, 0.25) is 0 Å². The quantitative estimate of drug-likeness (QED) is 0.310. The average molecular weight is 566 g/mol. The third-order valence-electron chi connectivity index (χ3n) is 7.01. The van der Waals surface area contributed by atoms with Gasteiger partial charge in [-0.1, -0.05) is 18.2 Å². The van der Waals surface area contributed by atoms with E-state index in [0.717, 1.165) is 62.1 Å². The van der Waals surface area contributed by atoms with Gasteiger partial charge in [-0.05, 0) is 49.2 Å². The van der Waals surface area contributed by atoms with Crippen molar-refractivity contribution in [2.45, 2.75) is 26.1 Å². The van der Waals surface area contributed by atoms with Gasteiger partial charge in [-0.3, -0.25) is 14.5 Å². The van der Waals surface area contributed by atoms with E-state index in [9.17, 15) is 13.2 Å². The van der Waals surface area contributed by atoms with Crippen LogP contribution < -0.4 is 9.64 Å². The molecule has 11 heteroatoms. The summed E-state index contributed by atoms with van der Waals surface area (Å²) in [6, 6.07) is 16.1. The van der Waals surface area contributed by atoms with Gasteiger partial charge in [-0.25, -0.2) is 4.98 Å². The molecule has 0 atom stereocenters. The first-order valence-corrected chi connectivity index (χ1v) is 12.1. The molecule has 1 saturated heterocycles. The molecular formula is C27H28Cl2F3N5O. The van der Waals surface area contributed by atoms with Crippen molar-refractivity contribution in [3.8, 4) is 11.4 Å². The van der Waals surface area contributed by atoms with Crippen molar-refractivity contribution in [2.75, 3.05) is 37.6 Å². The third kappa shape index (κ3) is 5.28. The summed E-state index contributed by atoms with van der Waals surface area (Å²) in [5.74, 6) is 0.912. The lowest BCUT2D eigenvalue weighted by Crippen LogP contribution is -2.47. The first-order chi connectivity index (χ1) is 17.4. The molecule has 0 radical (unpaired) electrons. The smallest absolute Gasteiger partial charge is 0.434 e. The highest BCUT2D eigenvalue weighted by Crippen LogP contribution is 2.36. The maximum Gasteiger partial charge on any atom is 0.434 e. The predicted molar refractivity (Wildman–Crippen MR) is 146 cm³/mol. The second-order valence-electron chi connectivity index (χ2n) is 9.34. The highest BCUT2D eigenvalue weighted by molar-refractivity contribution is 5.92. The molecule has 2 aromatic carbocycles. The predicted octanol–water partition coefficient (Wildman–Crippen LogP) is 5.85. The molecule has 0 unspecified atom stereocenters. The monoisotopic (exact) mass is 565 g/mol. The number of alkyl halides is 3. The first kappa shape index (κ1) is 28.0. The molecule has 6 nitrogen and oxygen atoms in total. The molecule has 0 spiro atoms. The standard InChI is InChI=1S/C27H26F3N5O.2ClH/c1-18-8-9-20-21(31-18)5-3-6-22(20)34-14-12-33(13-15-34)11-10-19-4-2-7-23-26(19)36-17-25-32-24(16-35(23)25)27(28,29)30;;/h2-9,16H,10-15,17H2,1H3;2*1H. The minimum Gasteiger partial charge on any atom is -0.483 e. The number of pyridine rings is 1. The fourth-order valence-corrected chi connectivity index (χ4v) is 5.13. The number of rotatable bonds is 4. The Labute approximate surface area is 231 Å². The maximum atomic E-state index is 13.2. The molecule has 1 fully saturated rings.